The van der Waals surface area contributed by atoms with Gasteiger partial charge in [-0.15, -0.1) is 0 Å². The van der Waals surface area contributed by atoms with Gasteiger partial charge in [0.1, 0.15) is 0 Å². The molecule has 1 heterocycles. The number of nitrogens with one attached hydrogen (secondary N) is 1. The molecule has 1 amide bonds. The van der Waals surface area contributed by atoms with Crippen molar-refractivity contribution in [2.24, 2.45) is 0 Å². The first-order valence-electron chi connectivity index (χ1n) is 4.67. The summed E-state index contributed by atoms with van der Waals surface area (Å²) in [6.07, 6.45) is 2.58. The molecular weight excluding hydrogens is 196 g/mol. The zero-order valence-corrected chi connectivity index (χ0v) is 8.26. The molecule has 5 heteroatoms. The van der Waals surface area contributed by atoms with E-state index in [0.717, 1.165) is 5.56 Å². The quantitative estimate of drug-likeness (QED) is 0.588. The van der Waals surface area contributed by atoms with Crippen molar-refractivity contribution in [1.29, 1.82) is 0 Å². The molecule has 0 spiro atoms. The van der Waals surface area contributed by atoms with Gasteiger partial charge in [0.05, 0.1) is 19.1 Å². The van der Waals surface area contributed by atoms with Gasteiger partial charge in [0.2, 0.25) is 5.91 Å². The lowest BCUT2D eigenvalue weighted by Gasteiger charge is -2.08. The van der Waals surface area contributed by atoms with Gasteiger partial charge >= 0.3 is 0 Å². The molecule has 5 nitrogen and oxygen atoms in total. The highest BCUT2D eigenvalue weighted by Gasteiger charge is 2.06. The van der Waals surface area contributed by atoms with E-state index in [1.165, 1.54) is 0 Å². The summed E-state index contributed by atoms with van der Waals surface area (Å²) >= 11 is 0. The van der Waals surface area contributed by atoms with Gasteiger partial charge in [0, 0.05) is 18.9 Å². The molecule has 1 aromatic rings. The fourth-order valence-electron chi connectivity index (χ4n) is 1.05. The Morgan fingerprint density at radius 2 is 2.40 bits per heavy atom. The molecule has 1 unspecified atom stereocenters. The van der Waals surface area contributed by atoms with Gasteiger partial charge in [0.15, 0.2) is 0 Å². The molecule has 3 N–H and O–H groups in total. The van der Waals surface area contributed by atoms with E-state index in [-0.39, 0.29) is 25.5 Å². The van der Waals surface area contributed by atoms with Gasteiger partial charge in [-0.3, -0.25) is 9.78 Å². The molecule has 15 heavy (non-hydrogen) atoms. The van der Waals surface area contributed by atoms with Crippen molar-refractivity contribution in [3.8, 4) is 0 Å². The standard InChI is InChI=1S/C10H14N2O3/c13-7-9(14)6-12-10(15)4-8-2-1-3-11-5-8/h1-3,5,9,13-14H,4,6-7H2,(H,12,15). The largest absolute Gasteiger partial charge is 0.394 e. The Morgan fingerprint density at radius 3 is 3.00 bits per heavy atom. The minimum Gasteiger partial charge on any atom is -0.394 e. The monoisotopic (exact) mass is 210 g/mol. The van der Waals surface area contributed by atoms with Crippen LogP contribution in [-0.4, -0.2) is 40.4 Å². The number of rotatable bonds is 5. The first-order chi connectivity index (χ1) is 7.22. The predicted molar refractivity (Wildman–Crippen MR) is 54.0 cm³/mol. The first-order valence-corrected chi connectivity index (χ1v) is 4.67. The number of aliphatic hydroxyl groups excluding tert-OH is 2. The maximum absolute atomic E-state index is 11.3. The molecular formula is C10H14N2O3. The van der Waals surface area contributed by atoms with E-state index < -0.39 is 6.10 Å². The van der Waals surface area contributed by atoms with Crippen LogP contribution in [0.25, 0.3) is 0 Å². The molecule has 0 aliphatic heterocycles. The summed E-state index contributed by atoms with van der Waals surface area (Å²) in [5.74, 6) is -0.199. The summed E-state index contributed by atoms with van der Waals surface area (Å²) in [5, 5.41) is 20.0. The fraction of sp³-hybridized carbons (Fsp3) is 0.400. The molecule has 0 aliphatic carbocycles. The fourth-order valence-corrected chi connectivity index (χ4v) is 1.05. The smallest absolute Gasteiger partial charge is 0.224 e. The maximum Gasteiger partial charge on any atom is 0.224 e. The average Bonchev–Trinajstić information content (AvgIpc) is 2.27. The second-order valence-corrected chi connectivity index (χ2v) is 3.18. The molecule has 0 fully saturated rings. The summed E-state index contributed by atoms with van der Waals surface area (Å²) < 4.78 is 0. The number of carbonyl (C=O) groups excluding carboxylic acids is 1. The number of aliphatic hydroxyl groups is 2. The van der Waals surface area contributed by atoms with Crippen LogP contribution >= 0.6 is 0 Å². The lowest BCUT2D eigenvalue weighted by atomic mass is 10.2. The van der Waals surface area contributed by atoms with Crippen LogP contribution in [-0.2, 0) is 11.2 Å². The van der Waals surface area contributed by atoms with Crippen LogP contribution in [0, 0.1) is 0 Å². The predicted octanol–water partition coefficient (Wildman–Crippen LogP) is -0.907. The molecule has 1 aromatic heterocycles. The molecule has 1 rings (SSSR count). The van der Waals surface area contributed by atoms with E-state index in [1.807, 2.05) is 0 Å². The zero-order chi connectivity index (χ0) is 11.1. The minimum atomic E-state index is -0.900. The molecule has 1 atom stereocenters. The molecule has 0 saturated carbocycles. The highest BCUT2D eigenvalue weighted by Crippen LogP contribution is 1.96. The SMILES string of the molecule is O=C(Cc1cccnc1)NCC(O)CO. The number of nitrogens with zero attached hydrogens (tertiary/aromatic N) is 1. The van der Waals surface area contributed by atoms with Crippen LogP contribution in [0.1, 0.15) is 5.56 Å². The van der Waals surface area contributed by atoms with Gasteiger partial charge in [-0.05, 0) is 11.6 Å². The summed E-state index contributed by atoms with van der Waals surface area (Å²) in [5.41, 5.74) is 0.813. The van der Waals surface area contributed by atoms with Gasteiger partial charge in [-0.25, -0.2) is 0 Å². The Morgan fingerprint density at radius 1 is 1.60 bits per heavy atom. The number of pyridine rings is 1. The normalized spacial score (nSPS) is 12.1. The van der Waals surface area contributed by atoms with Crippen LogP contribution in [0.15, 0.2) is 24.5 Å². The summed E-state index contributed by atoms with van der Waals surface area (Å²) in [4.78, 5) is 15.2. The van der Waals surface area contributed by atoms with Crippen molar-refractivity contribution in [3.05, 3.63) is 30.1 Å². The highest BCUT2D eigenvalue weighted by atomic mass is 16.3. The van der Waals surface area contributed by atoms with E-state index in [4.69, 9.17) is 10.2 Å². The van der Waals surface area contributed by atoms with Crippen LogP contribution < -0.4 is 5.32 Å². The van der Waals surface area contributed by atoms with Crippen molar-refractivity contribution in [1.82, 2.24) is 10.3 Å². The molecule has 0 radical (unpaired) electrons. The number of aromatic nitrogens is 1. The molecule has 0 aliphatic rings. The Labute approximate surface area is 87.8 Å². The third-order valence-electron chi connectivity index (χ3n) is 1.83. The molecule has 0 bridgehead atoms. The Balaban J connectivity index is 2.31. The maximum atomic E-state index is 11.3. The van der Waals surface area contributed by atoms with E-state index in [1.54, 1.807) is 24.5 Å². The topological polar surface area (TPSA) is 82.5 Å². The van der Waals surface area contributed by atoms with Gasteiger partial charge in [-0.2, -0.15) is 0 Å². The zero-order valence-electron chi connectivity index (χ0n) is 8.26. The second-order valence-electron chi connectivity index (χ2n) is 3.18. The van der Waals surface area contributed by atoms with Crippen molar-refractivity contribution in [3.63, 3.8) is 0 Å². The van der Waals surface area contributed by atoms with Crippen LogP contribution in [0.2, 0.25) is 0 Å². The van der Waals surface area contributed by atoms with E-state index in [2.05, 4.69) is 10.3 Å². The van der Waals surface area contributed by atoms with Gasteiger partial charge in [0.25, 0.3) is 0 Å². The lowest BCUT2D eigenvalue weighted by molar-refractivity contribution is -0.121. The number of carbonyl (C=O) groups is 1. The van der Waals surface area contributed by atoms with Crippen molar-refractivity contribution >= 4 is 5.91 Å². The van der Waals surface area contributed by atoms with Gasteiger partial charge < -0.3 is 15.5 Å². The Bertz CT molecular complexity index is 303. The Kier molecular flexibility index (Phi) is 4.73. The van der Waals surface area contributed by atoms with E-state index >= 15 is 0 Å². The van der Waals surface area contributed by atoms with Crippen LogP contribution in [0.4, 0.5) is 0 Å². The second kappa shape index (κ2) is 6.10. The summed E-state index contributed by atoms with van der Waals surface area (Å²) in [6.45, 7) is -0.289. The van der Waals surface area contributed by atoms with Crippen molar-refractivity contribution < 1.29 is 15.0 Å². The third kappa shape index (κ3) is 4.53. The lowest BCUT2D eigenvalue weighted by Crippen LogP contribution is -2.34. The summed E-state index contributed by atoms with van der Waals surface area (Å²) in [6, 6.07) is 3.56. The highest BCUT2D eigenvalue weighted by molar-refractivity contribution is 5.78. The van der Waals surface area contributed by atoms with Crippen molar-refractivity contribution in [2.75, 3.05) is 13.2 Å². The summed E-state index contributed by atoms with van der Waals surface area (Å²) in [7, 11) is 0. The third-order valence-corrected chi connectivity index (χ3v) is 1.83. The molecule has 0 aromatic carbocycles. The number of hydrogen-bond donors (Lipinski definition) is 3. The van der Waals surface area contributed by atoms with Crippen molar-refractivity contribution in [2.45, 2.75) is 12.5 Å². The van der Waals surface area contributed by atoms with Crippen LogP contribution in [0.5, 0.6) is 0 Å². The molecule has 0 saturated heterocycles. The number of amides is 1. The first kappa shape index (κ1) is 11.6. The van der Waals surface area contributed by atoms with Gasteiger partial charge in [-0.1, -0.05) is 6.07 Å². The minimum absolute atomic E-state index is 0.0651. The van der Waals surface area contributed by atoms with Crippen LogP contribution in [0.3, 0.4) is 0 Å². The average molecular weight is 210 g/mol. The molecule has 82 valence electrons. The van der Waals surface area contributed by atoms with E-state index in [0.29, 0.717) is 0 Å². The Hall–Kier alpha value is -1.46. The number of hydrogen-bond acceptors (Lipinski definition) is 4. The van der Waals surface area contributed by atoms with E-state index in [9.17, 15) is 4.79 Å².